The van der Waals surface area contributed by atoms with E-state index in [1.807, 2.05) is 32.2 Å². The third-order valence-electron chi connectivity index (χ3n) is 5.42. The average Bonchev–Trinajstić information content (AvgIpc) is 2.56. The van der Waals surface area contributed by atoms with E-state index in [0.717, 1.165) is 39.0 Å². The molecule has 1 fully saturated rings. The van der Waals surface area contributed by atoms with Crippen molar-refractivity contribution in [3.05, 3.63) is 71.9 Å². The Balaban J connectivity index is 1.73. The number of nitrogens with one attached hydrogen (secondary N) is 1. The van der Waals surface area contributed by atoms with Crippen LogP contribution in [0.25, 0.3) is 21.9 Å². The van der Waals surface area contributed by atoms with Gasteiger partial charge in [-0.1, -0.05) is 25.1 Å². The van der Waals surface area contributed by atoms with Crippen LogP contribution in [-0.4, -0.2) is 4.98 Å². The van der Waals surface area contributed by atoms with Crippen molar-refractivity contribution < 1.29 is 4.39 Å². The minimum atomic E-state index is -0.200. The van der Waals surface area contributed by atoms with Crippen molar-refractivity contribution in [1.82, 2.24) is 4.98 Å². The first-order valence-corrected chi connectivity index (χ1v) is 9.14. The average molecular weight is 346 g/mol. The van der Waals surface area contributed by atoms with E-state index in [9.17, 15) is 4.39 Å². The van der Waals surface area contributed by atoms with Crippen molar-refractivity contribution in [2.75, 3.05) is 5.32 Å². The molecule has 0 saturated heterocycles. The third-order valence-corrected chi connectivity index (χ3v) is 5.42. The molecule has 1 saturated carbocycles. The van der Waals surface area contributed by atoms with E-state index >= 15 is 0 Å². The second-order valence-electron chi connectivity index (χ2n) is 7.30. The summed E-state index contributed by atoms with van der Waals surface area (Å²) < 4.78 is 14.6. The molecule has 2 aromatic carbocycles. The summed E-state index contributed by atoms with van der Waals surface area (Å²) in [6.45, 7) is 7.94. The predicted octanol–water partition coefficient (Wildman–Crippen LogP) is 6.38. The SMILES string of the molecule is C=C(Nc1cc(F)c(C)c(-c2ccc3cc(C)ncc3c2)c1)C1CCC1. The van der Waals surface area contributed by atoms with E-state index in [2.05, 4.69) is 35.1 Å². The van der Waals surface area contributed by atoms with Crippen LogP contribution >= 0.6 is 0 Å². The molecular formula is C23H23FN2. The van der Waals surface area contributed by atoms with Gasteiger partial charge in [-0.15, -0.1) is 0 Å². The van der Waals surface area contributed by atoms with Crippen molar-refractivity contribution in [1.29, 1.82) is 0 Å². The lowest BCUT2D eigenvalue weighted by Gasteiger charge is -2.28. The molecule has 0 amide bonds. The molecule has 26 heavy (non-hydrogen) atoms. The molecule has 132 valence electrons. The zero-order chi connectivity index (χ0) is 18.3. The van der Waals surface area contributed by atoms with Gasteiger partial charge in [0.2, 0.25) is 0 Å². The van der Waals surface area contributed by atoms with E-state index < -0.39 is 0 Å². The summed E-state index contributed by atoms with van der Waals surface area (Å²) in [6.07, 6.45) is 5.47. The van der Waals surface area contributed by atoms with E-state index in [1.54, 1.807) is 6.07 Å². The number of halogens is 1. The second kappa shape index (κ2) is 6.56. The van der Waals surface area contributed by atoms with Crippen molar-refractivity contribution in [3.63, 3.8) is 0 Å². The first-order chi connectivity index (χ1) is 12.5. The molecule has 2 nitrogen and oxygen atoms in total. The Hall–Kier alpha value is -2.68. The van der Waals surface area contributed by atoms with Gasteiger partial charge in [-0.2, -0.15) is 0 Å². The third kappa shape index (κ3) is 3.10. The highest BCUT2D eigenvalue weighted by molar-refractivity contribution is 5.88. The fourth-order valence-electron chi connectivity index (χ4n) is 3.51. The summed E-state index contributed by atoms with van der Waals surface area (Å²) in [5, 5.41) is 5.53. The summed E-state index contributed by atoms with van der Waals surface area (Å²) in [5.41, 5.74) is 5.30. The Morgan fingerprint density at radius 1 is 1.12 bits per heavy atom. The van der Waals surface area contributed by atoms with E-state index in [0.29, 0.717) is 11.5 Å². The van der Waals surface area contributed by atoms with Gasteiger partial charge in [0.15, 0.2) is 0 Å². The van der Waals surface area contributed by atoms with Gasteiger partial charge in [0.1, 0.15) is 5.82 Å². The maximum Gasteiger partial charge on any atom is 0.128 e. The van der Waals surface area contributed by atoms with E-state index in [-0.39, 0.29) is 5.82 Å². The smallest absolute Gasteiger partial charge is 0.128 e. The number of allylic oxidation sites excluding steroid dienone is 1. The van der Waals surface area contributed by atoms with Crippen LogP contribution < -0.4 is 5.32 Å². The van der Waals surface area contributed by atoms with Crippen LogP contribution in [0.4, 0.5) is 10.1 Å². The molecular weight excluding hydrogens is 323 g/mol. The highest BCUT2D eigenvalue weighted by atomic mass is 19.1. The predicted molar refractivity (Wildman–Crippen MR) is 107 cm³/mol. The molecule has 1 aliphatic carbocycles. The number of hydrogen-bond acceptors (Lipinski definition) is 2. The van der Waals surface area contributed by atoms with Gasteiger partial charge in [0, 0.05) is 28.7 Å². The zero-order valence-electron chi connectivity index (χ0n) is 15.3. The minimum absolute atomic E-state index is 0.200. The number of pyridine rings is 1. The van der Waals surface area contributed by atoms with Gasteiger partial charge in [0.05, 0.1) is 0 Å². The van der Waals surface area contributed by atoms with Crippen LogP contribution in [0, 0.1) is 25.6 Å². The number of nitrogens with zero attached hydrogens (tertiary/aromatic N) is 1. The molecule has 0 atom stereocenters. The summed E-state index contributed by atoms with van der Waals surface area (Å²) >= 11 is 0. The number of fused-ring (bicyclic) bond motifs is 1. The largest absolute Gasteiger partial charge is 0.359 e. The highest BCUT2D eigenvalue weighted by Gasteiger charge is 2.21. The number of anilines is 1. The zero-order valence-corrected chi connectivity index (χ0v) is 15.3. The van der Waals surface area contributed by atoms with E-state index in [1.165, 1.54) is 19.3 Å². The molecule has 1 N–H and O–H groups in total. The van der Waals surface area contributed by atoms with Crippen LogP contribution in [0.1, 0.15) is 30.5 Å². The number of benzene rings is 2. The van der Waals surface area contributed by atoms with Crippen molar-refractivity contribution in [2.24, 2.45) is 5.92 Å². The maximum atomic E-state index is 14.6. The second-order valence-corrected chi connectivity index (χ2v) is 7.30. The summed E-state index contributed by atoms with van der Waals surface area (Å²) in [7, 11) is 0. The van der Waals surface area contributed by atoms with Gasteiger partial charge < -0.3 is 5.32 Å². The summed E-state index contributed by atoms with van der Waals surface area (Å²) in [5.74, 6) is 0.311. The molecule has 0 bridgehead atoms. The fourth-order valence-corrected chi connectivity index (χ4v) is 3.51. The fraction of sp³-hybridized carbons (Fsp3) is 0.261. The first-order valence-electron chi connectivity index (χ1n) is 9.14. The standard InChI is InChI=1S/C23H23FN2/c1-14-9-18-7-8-19(10-20(18)13-25-14)22-11-21(12-23(24)15(22)2)26-16(3)17-5-4-6-17/h7-13,17,26H,3-6H2,1-2H3. The molecule has 0 unspecified atom stereocenters. The summed E-state index contributed by atoms with van der Waals surface area (Å²) in [4.78, 5) is 4.38. The number of aryl methyl sites for hydroxylation is 1. The monoisotopic (exact) mass is 346 g/mol. The van der Waals surface area contributed by atoms with Gasteiger partial charge in [-0.25, -0.2) is 4.39 Å². The lowest BCUT2D eigenvalue weighted by atomic mass is 9.83. The van der Waals surface area contributed by atoms with Crippen molar-refractivity contribution >= 4 is 16.5 Å². The quantitative estimate of drug-likeness (QED) is 0.592. The molecule has 0 aliphatic heterocycles. The lowest BCUT2D eigenvalue weighted by molar-refractivity contribution is 0.371. The van der Waals surface area contributed by atoms with Crippen LogP contribution in [0.5, 0.6) is 0 Å². The van der Waals surface area contributed by atoms with Crippen LogP contribution in [0.3, 0.4) is 0 Å². The lowest BCUT2D eigenvalue weighted by Crippen LogP contribution is -2.18. The maximum absolute atomic E-state index is 14.6. The number of hydrogen-bond donors (Lipinski definition) is 1. The van der Waals surface area contributed by atoms with Crippen LogP contribution in [0.2, 0.25) is 0 Å². The molecule has 0 radical (unpaired) electrons. The van der Waals surface area contributed by atoms with Gasteiger partial charge in [-0.05, 0) is 78.9 Å². The Morgan fingerprint density at radius 2 is 1.92 bits per heavy atom. The first kappa shape index (κ1) is 16.8. The van der Waals surface area contributed by atoms with Gasteiger partial charge >= 0.3 is 0 Å². The Morgan fingerprint density at radius 3 is 2.65 bits per heavy atom. The molecule has 3 aromatic rings. The molecule has 0 spiro atoms. The molecule has 4 rings (SSSR count). The van der Waals surface area contributed by atoms with Crippen molar-refractivity contribution in [3.8, 4) is 11.1 Å². The molecule has 1 aromatic heterocycles. The Labute approximate surface area is 153 Å². The van der Waals surface area contributed by atoms with Crippen LogP contribution in [0.15, 0.2) is 54.9 Å². The molecule has 1 heterocycles. The summed E-state index contributed by atoms with van der Waals surface area (Å²) in [6, 6.07) is 11.8. The Kier molecular flexibility index (Phi) is 4.23. The Bertz CT molecular complexity index is 1000. The van der Waals surface area contributed by atoms with Gasteiger partial charge in [-0.3, -0.25) is 4.98 Å². The van der Waals surface area contributed by atoms with Crippen molar-refractivity contribution in [2.45, 2.75) is 33.1 Å². The number of aromatic nitrogens is 1. The van der Waals surface area contributed by atoms with Crippen LogP contribution in [-0.2, 0) is 0 Å². The highest BCUT2D eigenvalue weighted by Crippen LogP contribution is 2.35. The minimum Gasteiger partial charge on any atom is -0.359 e. The van der Waals surface area contributed by atoms with Gasteiger partial charge in [0.25, 0.3) is 0 Å². The number of rotatable bonds is 4. The topological polar surface area (TPSA) is 24.9 Å². The van der Waals surface area contributed by atoms with E-state index in [4.69, 9.17) is 0 Å². The molecule has 1 aliphatic rings. The molecule has 3 heteroatoms. The normalized spacial score (nSPS) is 14.3.